The predicted octanol–water partition coefficient (Wildman–Crippen LogP) is 2.76. The molecule has 2 rings (SSSR count). The van der Waals surface area contributed by atoms with Crippen molar-refractivity contribution in [3.05, 3.63) is 29.8 Å². The Bertz CT molecular complexity index is 519. The molecule has 0 saturated carbocycles. The molecule has 26 heavy (non-hydrogen) atoms. The average molecular weight is 477 g/mol. The van der Waals surface area contributed by atoms with Crippen molar-refractivity contribution in [1.29, 1.82) is 0 Å². The lowest BCUT2D eigenvalue weighted by Gasteiger charge is -2.24. The summed E-state index contributed by atoms with van der Waals surface area (Å²) in [7, 11) is 5.57. The first-order chi connectivity index (χ1) is 12.2. The number of halogens is 1. The smallest absolute Gasteiger partial charge is 0.193 e. The maximum Gasteiger partial charge on any atom is 0.193 e. The third kappa shape index (κ3) is 8.09. The van der Waals surface area contributed by atoms with Crippen LogP contribution in [0.2, 0.25) is 0 Å². The van der Waals surface area contributed by atoms with E-state index in [0.29, 0.717) is 12.5 Å². The lowest BCUT2D eigenvalue weighted by atomic mass is 10.1. The number of hydrogen-bond donors (Lipinski definition) is 1. The van der Waals surface area contributed by atoms with E-state index in [0.717, 1.165) is 63.0 Å². The summed E-state index contributed by atoms with van der Waals surface area (Å²) in [5, 5.41) is 3.40. The van der Waals surface area contributed by atoms with Gasteiger partial charge in [0.25, 0.3) is 0 Å². The maximum atomic E-state index is 5.73. The van der Waals surface area contributed by atoms with Gasteiger partial charge in [-0.05, 0) is 30.5 Å². The van der Waals surface area contributed by atoms with Crippen LogP contribution in [-0.2, 0) is 16.1 Å². The summed E-state index contributed by atoms with van der Waals surface area (Å²) in [6.45, 7) is 4.92. The van der Waals surface area contributed by atoms with Gasteiger partial charge in [0, 0.05) is 46.3 Å². The lowest BCUT2D eigenvalue weighted by Crippen LogP contribution is -2.42. The van der Waals surface area contributed by atoms with Crippen molar-refractivity contribution in [2.75, 3.05) is 54.1 Å². The molecule has 0 bridgehead atoms. The van der Waals surface area contributed by atoms with Crippen LogP contribution in [0.25, 0.3) is 0 Å². The number of methoxy groups -OCH3 is 1. The number of ether oxygens (including phenoxy) is 3. The number of aliphatic imine (C=N–C) groups is 1. The molecule has 1 atom stereocenters. The second-order valence-corrected chi connectivity index (χ2v) is 6.34. The van der Waals surface area contributed by atoms with E-state index in [1.165, 1.54) is 0 Å². The van der Waals surface area contributed by atoms with E-state index in [2.05, 4.69) is 22.3 Å². The Hall–Kier alpha value is -1.06. The van der Waals surface area contributed by atoms with Crippen molar-refractivity contribution in [3.8, 4) is 5.75 Å². The van der Waals surface area contributed by atoms with E-state index in [-0.39, 0.29) is 24.0 Å². The highest BCUT2D eigenvalue weighted by atomic mass is 127. The number of benzene rings is 1. The molecule has 0 spiro atoms. The Labute approximate surface area is 174 Å². The number of hydrogen-bond acceptors (Lipinski definition) is 4. The topological polar surface area (TPSA) is 55.3 Å². The maximum absolute atomic E-state index is 5.73. The lowest BCUT2D eigenvalue weighted by molar-refractivity contribution is 0.119. The van der Waals surface area contributed by atoms with Crippen LogP contribution in [0.4, 0.5) is 0 Å². The van der Waals surface area contributed by atoms with Crippen LogP contribution in [0.1, 0.15) is 18.4 Å². The molecular formula is C19H32IN3O3. The second-order valence-electron chi connectivity index (χ2n) is 6.34. The van der Waals surface area contributed by atoms with Gasteiger partial charge in [0.1, 0.15) is 5.75 Å². The molecular weight excluding hydrogens is 445 g/mol. The van der Waals surface area contributed by atoms with E-state index < -0.39 is 0 Å². The van der Waals surface area contributed by atoms with E-state index >= 15 is 0 Å². The molecule has 0 radical (unpaired) electrons. The summed E-state index contributed by atoms with van der Waals surface area (Å²) in [4.78, 5) is 6.53. The molecule has 6 nitrogen and oxygen atoms in total. The third-order valence-corrected chi connectivity index (χ3v) is 4.31. The molecule has 0 aromatic heterocycles. The van der Waals surface area contributed by atoms with Gasteiger partial charge in [-0.25, -0.2) is 0 Å². The number of nitrogens with one attached hydrogen (secondary N) is 1. The summed E-state index contributed by atoms with van der Waals surface area (Å²) in [6, 6.07) is 7.96. The van der Waals surface area contributed by atoms with Gasteiger partial charge in [-0.2, -0.15) is 0 Å². The van der Waals surface area contributed by atoms with Gasteiger partial charge in [0.05, 0.1) is 20.3 Å². The SMILES string of the molecule is CN=C(NCCCOCc1ccc(OC)cc1)N(C)CC1CCOC1.I. The first-order valence-corrected chi connectivity index (χ1v) is 8.93. The molecule has 1 saturated heterocycles. The fourth-order valence-corrected chi connectivity index (χ4v) is 2.87. The van der Waals surface area contributed by atoms with Crippen LogP contribution in [0.3, 0.4) is 0 Å². The van der Waals surface area contributed by atoms with Crippen LogP contribution < -0.4 is 10.1 Å². The van der Waals surface area contributed by atoms with E-state index in [4.69, 9.17) is 14.2 Å². The van der Waals surface area contributed by atoms with Crippen LogP contribution in [0.15, 0.2) is 29.3 Å². The zero-order valence-electron chi connectivity index (χ0n) is 16.1. The second kappa shape index (κ2) is 13.2. The zero-order valence-corrected chi connectivity index (χ0v) is 18.4. The molecule has 1 aromatic carbocycles. The highest BCUT2D eigenvalue weighted by Crippen LogP contribution is 2.13. The standard InChI is InChI=1S/C19H31N3O3.HI/c1-20-19(22(2)13-17-9-12-25-15-17)21-10-4-11-24-14-16-5-7-18(23-3)8-6-16;/h5-8,17H,4,9-15H2,1-3H3,(H,20,21);1H. The highest BCUT2D eigenvalue weighted by Gasteiger charge is 2.18. The molecule has 1 aromatic rings. The molecule has 1 N–H and O–H groups in total. The summed E-state index contributed by atoms with van der Waals surface area (Å²) in [5.74, 6) is 2.41. The largest absolute Gasteiger partial charge is 0.497 e. The Morgan fingerprint density at radius 1 is 1.35 bits per heavy atom. The molecule has 1 aliphatic rings. The van der Waals surface area contributed by atoms with Gasteiger partial charge in [-0.3, -0.25) is 4.99 Å². The van der Waals surface area contributed by atoms with Crippen molar-refractivity contribution >= 4 is 29.9 Å². The van der Waals surface area contributed by atoms with Crippen molar-refractivity contribution in [3.63, 3.8) is 0 Å². The normalized spacial score (nSPS) is 16.9. The Morgan fingerprint density at radius 3 is 2.73 bits per heavy atom. The molecule has 0 aliphatic carbocycles. The third-order valence-electron chi connectivity index (χ3n) is 4.31. The van der Waals surface area contributed by atoms with Crippen LogP contribution >= 0.6 is 24.0 Å². The van der Waals surface area contributed by atoms with E-state index in [1.807, 2.05) is 31.3 Å². The molecule has 1 unspecified atom stereocenters. The minimum Gasteiger partial charge on any atom is -0.497 e. The fraction of sp³-hybridized carbons (Fsp3) is 0.632. The Kier molecular flexibility index (Phi) is 11.6. The summed E-state index contributed by atoms with van der Waals surface area (Å²) in [6.07, 6.45) is 2.08. The van der Waals surface area contributed by atoms with Crippen molar-refractivity contribution in [2.45, 2.75) is 19.4 Å². The molecule has 1 fully saturated rings. The Morgan fingerprint density at radius 2 is 2.12 bits per heavy atom. The highest BCUT2D eigenvalue weighted by molar-refractivity contribution is 14.0. The van der Waals surface area contributed by atoms with Gasteiger partial charge in [0.15, 0.2) is 5.96 Å². The quantitative estimate of drug-likeness (QED) is 0.257. The molecule has 7 heteroatoms. The van der Waals surface area contributed by atoms with Crippen molar-refractivity contribution in [1.82, 2.24) is 10.2 Å². The summed E-state index contributed by atoms with van der Waals surface area (Å²) in [5.41, 5.74) is 1.16. The molecule has 1 aliphatic heterocycles. The predicted molar refractivity (Wildman–Crippen MR) is 116 cm³/mol. The van der Waals surface area contributed by atoms with Crippen molar-refractivity contribution < 1.29 is 14.2 Å². The minimum atomic E-state index is 0. The first-order valence-electron chi connectivity index (χ1n) is 8.93. The van der Waals surface area contributed by atoms with Crippen molar-refractivity contribution in [2.24, 2.45) is 10.9 Å². The molecule has 1 heterocycles. The number of guanidine groups is 1. The van der Waals surface area contributed by atoms with Gasteiger partial charge >= 0.3 is 0 Å². The van der Waals surface area contributed by atoms with E-state index in [1.54, 1.807) is 7.11 Å². The van der Waals surface area contributed by atoms with E-state index in [9.17, 15) is 0 Å². The molecule has 148 valence electrons. The first kappa shape index (κ1) is 23.0. The van der Waals surface area contributed by atoms with Crippen LogP contribution in [-0.4, -0.2) is 65.0 Å². The monoisotopic (exact) mass is 477 g/mol. The van der Waals surface area contributed by atoms with Gasteiger partial charge in [-0.1, -0.05) is 12.1 Å². The number of nitrogens with zero attached hydrogens (tertiary/aromatic N) is 2. The number of rotatable bonds is 9. The summed E-state index contributed by atoms with van der Waals surface area (Å²) >= 11 is 0. The summed E-state index contributed by atoms with van der Waals surface area (Å²) < 4.78 is 16.3. The van der Waals surface area contributed by atoms with Gasteiger partial charge < -0.3 is 24.4 Å². The van der Waals surface area contributed by atoms with Gasteiger partial charge in [0.2, 0.25) is 0 Å². The minimum absolute atomic E-state index is 0. The Balaban J connectivity index is 0.00000338. The van der Waals surface area contributed by atoms with Crippen LogP contribution in [0, 0.1) is 5.92 Å². The van der Waals surface area contributed by atoms with Gasteiger partial charge in [-0.15, -0.1) is 24.0 Å². The van der Waals surface area contributed by atoms with Crippen LogP contribution in [0.5, 0.6) is 5.75 Å². The molecule has 0 amide bonds. The zero-order chi connectivity index (χ0) is 17.9. The fourth-order valence-electron chi connectivity index (χ4n) is 2.87. The average Bonchev–Trinajstić information content (AvgIpc) is 3.14.